The van der Waals surface area contributed by atoms with Crippen molar-refractivity contribution in [3.05, 3.63) is 104 Å². The van der Waals surface area contributed by atoms with Gasteiger partial charge in [0.25, 0.3) is 5.91 Å². The third-order valence-electron chi connectivity index (χ3n) is 7.84. The lowest BCUT2D eigenvalue weighted by Crippen LogP contribution is -2.43. The topological polar surface area (TPSA) is 97.9 Å². The number of carbonyl (C=O) groups excluding carboxylic acids is 2. The quantitative estimate of drug-likeness (QED) is 0.180. The van der Waals surface area contributed by atoms with E-state index in [0.29, 0.717) is 53.5 Å². The van der Waals surface area contributed by atoms with Gasteiger partial charge in [0.15, 0.2) is 0 Å². The number of carbonyl (C=O) groups is 2. The number of fused-ring (bicyclic) bond motifs is 1. The van der Waals surface area contributed by atoms with E-state index in [4.69, 9.17) is 16.3 Å². The maximum absolute atomic E-state index is 14.4. The number of aryl methyl sites for hydroxylation is 2. The average Bonchev–Trinajstić information content (AvgIpc) is 3.28. The van der Waals surface area contributed by atoms with Gasteiger partial charge >= 0.3 is 11.8 Å². The molecule has 2 aromatic carbocycles. The zero-order chi connectivity index (χ0) is 32.9. The van der Waals surface area contributed by atoms with Crippen LogP contribution in [0.15, 0.2) is 65.5 Å². The third kappa shape index (κ3) is 8.14. The van der Waals surface area contributed by atoms with Gasteiger partial charge in [0.2, 0.25) is 0 Å². The Morgan fingerprint density at radius 1 is 1.07 bits per heavy atom. The molecule has 45 heavy (non-hydrogen) atoms. The molecule has 1 N–H and O–H groups in total. The van der Waals surface area contributed by atoms with Crippen LogP contribution in [0.4, 0.5) is 4.79 Å². The van der Waals surface area contributed by atoms with E-state index in [1.807, 2.05) is 93.3 Å². The number of nitrogens with one attached hydrogen (secondary N) is 1. The fourth-order valence-corrected chi connectivity index (χ4v) is 5.55. The summed E-state index contributed by atoms with van der Waals surface area (Å²) >= 11 is 6.68. The molecule has 0 aliphatic rings. The zero-order valence-corrected chi connectivity index (χ0v) is 28.0. The molecule has 2 heterocycles. The largest absolute Gasteiger partial charge is 0.444 e. The smallest absolute Gasteiger partial charge is 0.407 e. The Hall–Kier alpha value is -4.11. The van der Waals surface area contributed by atoms with Gasteiger partial charge in [0.05, 0.1) is 28.8 Å². The number of alkyl carbamates (subject to hydrolysis) is 1. The third-order valence-corrected chi connectivity index (χ3v) is 8.30. The van der Waals surface area contributed by atoms with Crippen LogP contribution in [0.1, 0.15) is 86.4 Å². The molecule has 10 heteroatoms. The van der Waals surface area contributed by atoms with Gasteiger partial charge in [0, 0.05) is 24.3 Å². The molecule has 0 aliphatic heterocycles. The van der Waals surface area contributed by atoms with E-state index in [9.17, 15) is 14.4 Å². The zero-order valence-electron chi connectivity index (χ0n) is 27.3. The van der Waals surface area contributed by atoms with E-state index in [1.165, 1.54) is 4.52 Å². The van der Waals surface area contributed by atoms with Gasteiger partial charge < -0.3 is 15.0 Å². The molecule has 2 amide bonds. The van der Waals surface area contributed by atoms with Gasteiger partial charge in [-0.2, -0.15) is 9.61 Å². The Bertz CT molecular complexity index is 1690. The van der Waals surface area contributed by atoms with E-state index in [-0.39, 0.29) is 17.5 Å². The molecule has 0 saturated heterocycles. The van der Waals surface area contributed by atoms with Crippen molar-refractivity contribution in [3.8, 4) is 0 Å². The summed E-state index contributed by atoms with van der Waals surface area (Å²) in [6.45, 7) is 14.3. The van der Waals surface area contributed by atoms with E-state index >= 15 is 0 Å². The first-order valence-corrected chi connectivity index (χ1v) is 15.9. The highest BCUT2D eigenvalue weighted by atomic mass is 35.5. The standard InChI is InChI=1S/C35H44ClN5O4/c1-8-24(3)31(29-21-28-30(36)25(4)38-41(28)34(44)40(29)22-26-13-10-9-11-14-26)39(32(42)27-17-15-23(2)16-18-27)20-12-19-37-33(43)45-35(5,6)7/h9-11,13-18,21,24,31H,8,12,19-20,22H2,1-7H3,(H,37,43). The SMILES string of the molecule is CCC(C)C(c1cc2c(Cl)c(C)nn2c(=O)n1Cc1ccccc1)N(CCCNC(=O)OC(C)(C)C)C(=O)c1ccc(C)cc1. The summed E-state index contributed by atoms with van der Waals surface area (Å²) in [6.07, 6.45) is 0.710. The lowest BCUT2D eigenvalue weighted by molar-refractivity contribution is 0.0518. The highest BCUT2D eigenvalue weighted by Crippen LogP contribution is 2.34. The molecule has 2 unspecified atom stereocenters. The minimum Gasteiger partial charge on any atom is -0.444 e. The van der Waals surface area contributed by atoms with Crippen LogP contribution in [0.2, 0.25) is 5.02 Å². The van der Waals surface area contributed by atoms with Crippen molar-refractivity contribution in [2.24, 2.45) is 5.92 Å². The van der Waals surface area contributed by atoms with Crippen molar-refractivity contribution < 1.29 is 14.3 Å². The number of aromatic nitrogens is 3. The summed E-state index contributed by atoms with van der Waals surface area (Å²) in [5, 5.41) is 7.65. The Labute approximate surface area is 270 Å². The summed E-state index contributed by atoms with van der Waals surface area (Å²) in [4.78, 5) is 42.7. The molecule has 0 fully saturated rings. The van der Waals surface area contributed by atoms with E-state index in [0.717, 1.165) is 17.5 Å². The maximum Gasteiger partial charge on any atom is 0.407 e. The van der Waals surface area contributed by atoms with Gasteiger partial charge in [-0.3, -0.25) is 9.36 Å². The first kappa shape index (κ1) is 33.8. The molecule has 0 saturated carbocycles. The fraction of sp³-hybridized carbons (Fsp3) is 0.429. The highest BCUT2D eigenvalue weighted by molar-refractivity contribution is 6.34. The molecule has 0 bridgehead atoms. The Balaban J connectivity index is 1.83. The van der Waals surface area contributed by atoms with Crippen LogP contribution in [0, 0.1) is 19.8 Å². The van der Waals surface area contributed by atoms with E-state index in [1.54, 1.807) is 11.5 Å². The molecule has 240 valence electrons. The molecule has 4 rings (SSSR count). The summed E-state index contributed by atoms with van der Waals surface area (Å²) in [5.41, 5.74) is 3.32. The van der Waals surface area contributed by atoms with Crippen molar-refractivity contribution in [2.75, 3.05) is 13.1 Å². The Morgan fingerprint density at radius 2 is 1.73 bits per heavy atom. The molecule has 2 aromatic heterocycles. The second-order valence-electron chi connectivity index (χ2n) is 12.6. The molecule has 0 spiro atoms. The molecular weight excluding hydrogens is 590 g/mol. The summed E-state index contributed by atoms with van der Waals surface area (Å²) in [7, 11) is 0. The van der Waals surface area contributed by atoms with Crippen LogP contribution < -0.4 is 11.0 Å². The molecule has 9 nitrogen and oxygen atoms in total. The number of nitrogens with zero attached hydrogens (tertiary/aromatic N) is 4. The maximum atomic E-state index is 14.4. The van der Waals surface area contributed by atoms with E-state index < -0.39 is 17.7 Å². The van der Waals surface area contributed by atoms with Crippen molar-refractivity contribution in [3.63, 3.8) is 0 Å². The molecule has 0 radical (unpaired) electrons. The van der Waals surface area contributed by atoms with Crippen LogP contribution in [-0.2, 0) is 11.3 Å². The first-order chi connectivity index (χ1) is 21.3. The van der Waals surface area contributed by atoms with Crippen molar-refractivity contribution in [1.29, 1.82) is 0 Å². The van der Waals surface area contributed by atoms with Crippen molar-refractivity contribution in [2.45, 2.75) is 79.5 Å². The molecule has 0 aliphatic carbocycles. The minimum absolute atomic E-state index is 0.0371. The molecule has 4 aromatic rings. The van der Waals surface area contributed by atoms with Gasteiger partial charge in [0.1, 0.15) is 5.60 Å². The van der Waals surface area contributed by atoms with Gasteiger partial charge in [-0.05, 0) is 70.7 Å². The van der Waals surface area contributed by atoms with Crippen LogP contribution >= 0.6 is 11.6 Å². The van der Waals surface area contributed by atoms with Crippen molar-refractivity contribution in [1.82, 2.24) is 24.4 Å². The number of halogens is 1. The lowest BCUT2D eigenvalue weighted by atomic mass is 9.92. The normalized spacial score (nSPS) is 13.0. The predicted octanol–water partition coefficient (Wildman–Crippen LogP) is 6.96. The van der Waals surface area contributed by atoms with Crippen LogP contribution in [-0.4, -0.2) is 49.8 Å². The van der Waals surface area contributed by atoms with Crippen LogP contribution in [0.3, 0.4) is 0 Å². The second kappa shape index (κ2) is 14.3. The number of rotatable bonds is 11. The number of ether oxygens (including phenoxy) is 1. The fourth-order valence-electron chi connectivity index (χ4n) is 5.37. The van der Waals surface area contributed by atoms with Crippen LogP contribution in [0.5, 0.6) is 0 Å². The number of hydrogen-bond donors (Lipinski definition) is 1. The van der Waals surface area contributed by atoms with Crippen molar-refractivity contribution >= 4 is 29.1 Å². The lowest BCUT2D eigenvalue weighted by Gasteiger charge is -2.37. The first-order valence-electron chi connectivity index (χ1n) is 15.5. The number of hydrogen-bond acceptors (Lipinski definition) is 5. The Morgan fingerprint density at radius 3 is 2.36 bits per heavy atom. The van der Waals surface area contributed by atoms with Gasteiger partial charge in [-0.25, -0.2) is 9.59 Å². The highest BCUT2D eigenvalue weighted by Gasteiger charge is 2.33. The van der Waals surface area contributed by atoms with E-state index in [2.05, 4.69) is 24.3 Å². The van der Waals surface area contributed by atoms with Gasteiger partial charge in [-0.15, -0.1) is 0 Å². The summed E-state index contributed by atoms with van der Waals surface area (Å²) in [6, 6.07) is 18.6. The average molecular weight is 634 g/mol. The van der Waals surface area contributed by atoms with Crippen LogP contribution in [0.25, 0.3) is 5.52 Å². The molecule has 2 atom stereocenters. The van der Waals surface area contributed by atoms with Gasteiger partial charge in [-0.1, -0.05) is 79.9 Å². The number of benzene rings is 2. The summed E-state index contributed by atoms with van der Waals surface area (Å²) < 4.78 is 8.44. The minimum atomic E-state index is -0.618. The Kier molecular flexibility index (Phi) is 10.8. The number of amides is 2. The molecular formula is C35H44ClN5O4. The second-order valence-corrected chi connectivity index (χ2v) is 13.0. The predicted molar refractivity (Wildman–Crippen MR) is 178 cm³/mol. The monoisotopic (exact) mass is 633 g/mol. The summed E-state index contributed by atoms with van der Waals surface area (Å²) in [5.74, 6) is -0.197.